The smallest absolute Gasteiger partial charge is 0.275 e. The molecule has 100 valence electrons. The summed E-state index contributed by atoms with van der Waals surface area (Å²) in [7, 11) is 0. The number of nitrogens with zero attached hydrogens (tertiary/aromatic N) is 1. The zero-order valence-corrected chi connectivity index (χ0v) is 11.4. The van der Waals surface area contributed by atoms with Crippen molar-refractivity contribution in [3.05, 3.63) is 38.9 Å². The molecule has 0 aromatic heterocycles. The molecule has 0 saturated heterocycles. The number of hydrogen-bond acceptors (Lipinski definition) is 3. The minimum absolute atomic E-state index is 0.0866. The molecule has 0 bridgehead atoms. The predicted molar refractivity (Wildman–Crippen MR) is 74.0 cm³/mol. The summed E-state index contributed by atoms with van der Waals surface area (Å²) in [4.78, 5) is 10.5. The second-order valence-corrected chi connectivity index (χ2v) is 4.70. The van der Waals surface area contributed by atoms with E-state index in [2.05, 4.69) is 12.2 Å². The highest BCUT2D eigenvalue weighted by atomic mass is 35.5. The number of nitrogens with one attached hydrogen (secondary N) is 1. The highest BCUT2D eigenvalue weighted by Crippen LogP contribution is 2.22. The van der Waals surface area contributed by atoms with Crippen LogP contribution in [0.2, 0.25) is 5.02 Å². The van der Waals surface area contributed by atoms with Crippen molar-refractivity contribution >= 4 is 17.3 Å². The molecule has 0 aliphatic heterocycles. The van der Waals surface area contributed by atoms with Crippen LogP contribution < -0.4 is 5.32 Å². The van der Waals surface area contributed by atoms with Crippen molar-refractivity contribution in [2.45, 2.75) is 39.2 Å². The van der Waals surface area contributed by atoms with Crippen molar-refractivity contribution in [2.24, 2.45) is 0 Å². The Morgan fingerprint density at radius 3 is 2.78 bits per heavy atom. The largest absolute Gasteiger partial charge is 0.312 e. The zero-order chi connectivity index (χ0) is 13.4. The van der Waals surface area contributed by atoms with Gasteiger partial charge in [-0.2, -0.15) is 0 Å². The lowest BCUT2D eigenvalue weighted by molar-refractivity contribution is -0.385. The summed E-state index contributed by atoms with van der Waals surface area (Å²) in [5.41, 5.74) is 0.767. The van der Waals surface area contributed by atoms with Gasteiger partial charge in [0.2, 0.25) is 0 Å². The first-order valence-electron chi connectivity index (χ1n) is 6.28. The number of hydrogen-bond donors (Lipinski definition) is 1. The normalized spacial score (nSPS) is 10.6. The van der Waals surface area contributed by atoms with Gasteiger partial charge in [-0.05, 0) is 25.1 Å². The van der Waals surface area contributed by atoms with E-state index in [9.17, 15) is 10.1 Å². The molecule has 4 nitrogen and oxygen atoms in total. The van der Waals surface area contributed by atoms with E-state index in [-0.39, 0.29) is 10.6 Å². The molecular weight excluding hydrogens is 252 g/mol. The molecule has 0 unspecified atom stereocenters. The minimum atomic E-state index is -0.389. The average Bonchev–Trinajstić information content (AvgIpc) is 2.35. The molecule has 18 heavy (non-hydrogen) atoms. The summed E-state index contributed by atoms with van der Waals surface area (Å²) in [6.07, 6.45) is 4.76. The van der Waals surface area contributed by atoms with Crippen LogP contribution in [0.5, 0.6) is 0 Å². The van der Waals surface area contributed by atoms with Crippen LogP contribution in [0.1, 0.15) is 38.2 Å². The third-order valence-electron chi connectivity index (χ3n) is 2.77. The molecule has 5 heteroatoms. The van der Waals surface area contributed by atoms with Crippen molar-refractivity contribution in [3.8, 4) is 0 Å². The van der Waals surface area contributed by atoms with E-state index in [1.165, 1.54) is 25.3 Å². The molecule has 0 radical (unpaired) electrons. The van der Waals surface area contributed by atoms with E-state index in [0.717, 1.165) is 13.0 Å². The Morgan fingerprint density at radius 2 is 2.11 bits per heavy atom. The Bertz CT molecular complexity index is 397. The fraction of sp³-hybridized carbons (Fsp3) is 0.538. The second kappa shape index (κ2) is 8.06. The third-order valence-corrected chi connectivity index (χ3v) is 3.00. The highest BCUT2D eigenvalue weighted by Gasteiger charge is 2.13. The molecule has 1 aromatic rings. The topological polar surface area (TPSA) is 55.2 Å². The summed E-state index contributed by atoms with van der Waals surface area (Å²) in [6, 6.07) is 4.79. The summed E-state index contributed by atoms with van der Waals surface area (Å²) < 4.78 is 0. The van der Waals surface area contributed by atoms with Crippen molar-refractivity contribution in [1.82, 2.24) is 5.32 Å². The fourth-order valence-electron chi connectivity index (χ4n) is 1.76. The lowest BCUT2D eigenvalue weighted by atomic mass is 10.1. The van der Waals surface area contributed by atoms with Crippen molar-refractivity contribution < 1.29 is 4.92 Å². The van der Waals surface area contributed by atoms with Gasteiger partial charge >= 0.3 is 0 Å². The Balaban J connectivity index is 2.44. The monoisotopic (exact) mass is 270 g/mol. The maximum absolute atomic E-state index is 10.9. The van der Waals surface area contributed by atoms with E-state index >= 15 is 0 Å². The van der Waals surface area contributed by atoms with Gasteiger partial charge in [-0.25, -0.2) is 0 Å². The SMILES string of the molecule is CCCCCCNCc1ccc(Cl)cc1[N+](=O)[O-]. The van der Waals surface area contributed by atoms with Gasteiger partial charge in [-0.1, -0.05) is 37.8 Å². The molecule has 1 rings (SSSR count). The minimum Gasteiger partial charge on any atom is -0.312 e. The number of halogens is 1. The summed E-state index contributed by atoms with van der Waals surface area (Å²) in [5, 5.41) is 14.5. The Labute approximate surface area is 112 Å². The van der Waals surface area contributed by atoms with E-state index in [1.807, 2.05) is 0 Å². The summed E-state index contributed by atoms with van der Waals surface area (Å²) in [5.74, 6) is 0. The first kappa shape index (κ1) is 14.9. The lowest BCUT2D eigenvalue weighted by Gasteiger charge is -2.06. The van der Waals surface area contributed by atoms with Gasteiger partial charge in [0.1, 0.15) is 0 Å². The van der Waals surface area contributed by atoms with Gasteiger partial charge in [-0.3, -0.25) is 10.1 Å². The second-order valence-electron chi connectivity index (χ2n) is 4.27. The molecule has 0 atom stereocenters. The van der Waals surface area contributed by atoms with Crippen molar-refractivity contribution in [1.29, 1.82) is 0 Å². The molecule has 0 heterocycles. The van der Waals surface area contributed by atoms with Crippen LogP contribution in [-0.2, 0) is 6.54 Å². The molecule has 0 fully saturated rings. The van der Waals surface area contributed by atoms with Gasteiger partial charge in [0, 0.05) is 23.2 Å². The maximum Gasteiger partial charge on any atom is 0.275 e. The Hall–Kier alpha value is -1.13. The quantitative estimate of drug-likeness (QED) is 0.442. The number of nitro groups is 1. The molecular formula is C13H19ClN2O2. The van der Waals surface area contributed by atoms with Crippen molar-refractivity contribution in [2.75, 3.05) is 6.54 Å². The van der Waals surface area contributed by atoms with Gasteiger partial charge in [-0.15, -0.1) is 0 Å². The first-order chi connectivity index (χ1) is 8.65. The van der Waals surface area contributed by atoms with Crippen LogP contribution >= 0.6 is 11.6 Å². The first-order valence-corrected chi connectivity index (χ1v) is 6.66. The van der Waals surface area contributed by atoms with Crippen LogP contribution in [0.25, 0.3) is 0 Å². The van der Waals surface area contributed by atoms with Crippen LogP contribution in [0.15, 0.2) is 18.2 Å². The van der Waals surface area contributed by atoms with E-state index in [0.29, 0.717) is 17.1 Å². The molecule has 0 aliphatic carbocycles. The number of unbranched alkanes of at least 4 members (excludes halogenated alkanes) is 3. The molecule has 0 aliphatic rings. The standard InChI is InChI=1S/C13H19ClN2O2/c1-2-3-4-5-8-15-10-11-6-7-12(14)9-13(11)16(17)18/h6-7,9,15H,2-5,8,10H2,1H3. The van der Waals surface area contributed by atoms with Crippen LogP contribution in [-0.4, -0.2) is 11.5 Å². The molecule has 0 spiro atoms. The Morgan fingerprint density at radius 1 is 1.33 bits per heavy atom. The van der Waals surface area contributed by atoms with Crippen LogP contribution in [0.3, 0.4) is 0 Å². The fourth-order valence-corrected chi connectivity index (χ4v) is 1.92. The Kier molecular flexibility index (Phi) is 6.68. The average molecular weight is 271 g/mol. The van der Waals surface area contributed by atoms with E-state index in [4.69, 9.17) is 11.6 Å². The molecule has 1 N–H and O–H groups in total. The molecule has 0 amide bonds. The van der Waals surface area contributed by atoms with Crippen LogP contribution in [0.4, 0.5) is 5.69 Å². The van der Waals surface area contributed by atoms with Gasteiger partial charge < -0.3 is 5.32 Å². The maximum atomic E-state index is 10.9. The zero-order valence-electron chi connectivity index (χ0n) is 10.6. The number of rotatable bonds is 8. The lowest BCUT2D eigenvalue weighted by Crippen LogP contribution is -2.15. The highest BCUT2D eigenvalue weighted by molar-refractivity contribution is 6.30. The summed E-state index contributed by atoms with van der Waals surface area (Å²) >= 11 is 5.75. The predicted octanol–water partition coefficient (Wildman–Crippen LogP) is 3.92. The number of benzene rings is 1. The number of nitro benzene ring substituents is 1. The van der Waals surface area contributed by atoms with Gasteiger partial charge in [0.15, 0.2) is 0 Å². The van der Waals surface area contributed by atoms with E-state index in [1.54, 1.807) is 12.1 Å². The van der Waals surface area contributed by atoms with Crippen LogP contribution in [0, 0.1) is 10.1 Å². The van der Waals surface area contributed by atoms with Gasteiger partial charge in [0.25, 0.3) is 5.69 Å². The summed E-state index contributed by atoms with van der Waals surface area (Å²) in [6.45, 7) is 3.57. The molecule has 1 aromatic carbocycles. The van der Waals surface area contributed by atoms with Gasteiger partial charge in [0.05, 0.1) is 4.92 Å². The molecule has 0 saturated carbocycles. The third kappa shape index (κ3) is 5.02. The van der Waals surface area contributed by atoms with E-state index < -0.39 is 0 Å². The van der Waals surface area contributed by atoms with Crippen molar-refractivity contribution in [3.63, 3.8) is 0 Å².